The van der Waals surface area contributed by atoms with Crippen LogP contribution >= 0.6 is 23.1 Å². The normalized spacial score (nSPS) is 10.6. The summed E-state index contributed by atoms with van der Waals surface area (Å²) in [6.07, 6.45) is 1.02. The van der Waals surface area contributed by atoms with Gasteiger partial charge in [-0.05, 0) is 61.7 Å². The van der Waals surface area contributed by atoms with Crippen molar-refractivity contribution in [1.29, 1.82) is 0 Å². The second-order valence-electron chi connectivity index (χ2n) is 6.57. The average Bonchev–Trinajstić information content (AvgIpc) is 3.12. The molecule has 0 aliphatic carbocycles. The predicted molar refractivity (Wildman–Crippen MR) is 119 cm³/mol. The van der Waals surface area contributed by atoms with Crippen molar-refractivity contribution in [3.63, 3.8) is 0 Å². The zero-order valence-corrected chi connectivity index (χ0v) is 18.6. The molecule has 152 valence electrons. The van der Waals surface area contributed by atoms with E-state index in [1.54, 1.807) is 37.3 Å². The summed E-state index contributed by atoms with van der Waals surface area (Å²) in [5.41, 5.74) is 3.93. The predicted octanol–water partition coefficient (Wildman–Crippen LogP) is 5.50. The number of methoxy groups -OCH3 is 2. The number of thiazole rings is 1. The van der Waals surface area contributed by atoms with Crippen LogP contribution in [0.5, 0.6) is 11.5 Å². The van der Waals surface area contributed by atoms with Crippen LogP contribution in [0.4, 0.5) is 5.69 Å². The smallest absolute Gasteiger partial charge is 0.224 e. The van der Waals surface area contributed by atoms with Crippen molar-refractivity contribution >= 4 is 34.7 Å². The van der Waals surface area contributed by atoms with Gasteiger partial charge in [-0.25, -0.2) is 4.98 Å². The molecule has 2 aromatic carbocycles. The highest BCUT2D eigenvalue weighted by molar-refractivity contribution is 8.01. The summed E-state index contributed by atoms with van der Waals surface area (Å²) in [7, 11) is 3.21. The number of nitrogens with zero attached hydrogens (tertiary/aromatic N) is 1. The lowest BCUT2D eigenvalue weighted by atomic mass is 10.1. The Morgan fingerprint density at radius 2 is 1.90 bits per heavy atom. The quantitative estimate of drug-likeness (QED) is 0.513. The lowest BCUT2D eigenvalue weighted by molar-refractivity contribution is -0.116. The van der Waals surface area contributed by atoms with Gasteiger partial charge in [-0.3, -0.25) is 4.79 Å². The fourth-order valence-corrected chi connectivity index (χ4v) is 4.74. The molecule has 5 nitrogen and oxygen atoms in total. The van der Waals surface area contributed by atoms with Crippen LogP contribution in [-0.2, 0) is 11.2 Å². The Bertz CT molecular complexity index is 1000. The molecule has 0 fully saturated rings. The summed E-state index contributed by atoms with van der Waals surface area (Å²) in [6, 6.07) is 11.8. The summed E-state index contributed by atoms with van der Waals surface area (Å²) >= 11 is 3.28. The van der Waals surface area contributed by atoms with E-state index in [4.69, 9.17) is 9.47 Å². The van der Waals surface area contributed by atoms with Gasteiger partial charge < -0.3 is 14.8 Å². The lowest BCUT2D eigenvalue weighted by Crippen LogP contribution is -2.13. The van der Waals surface area contributed by atoms with Gasteiger partial charge in [-0.1, -0.05) is 17.8 Å². The SMILES string of the molecule is COc1ccc(CCC(=O)Nc2ccc(Sc3nc(C)cs3)cc2C)cc1OC. The highest BCUT2D eigenvalue weighted by Gasteiger charge is 2.10. The van der Waals surface area contributed by atoms with Crippen LogP contribution in [0.3, 0.4) is 0 Å². The molecule has 1 amide bonds. The maximum absolute atomic E-state index is 12.4. The Labute approximate surface area is 179 Å². The molecule has 0 spiro atoms. The monoisotopic (exact) mass is 428 g/mol. The van der Waals surface area contributed by atoms with Crippen LogP contribution in [0.1, 0.15) is 23.2 Å². The Hall–Kier alpha value is -2.51. The molecule has 1 heterocycles. The Balaban J connectivity index is 1.57. The van der Waals surface area contributed by atoms with Crippen LogP contribution in [0.25, 0.3) is 0 Å². The van der Waals surface area contributed by atoms with Gasteiger partial charge in [0.05, 0.1) is 14.2 Å². The van der Waals surface area contributed by atoms with Crippen molar-refractivity contribution in [2.45, 2.75) is 35.9 Å². The van der Waals surface area contributed by atoms with Crippen molar-refractivity contribution in [3.8, 4) is 11.5 Å². The lowest BCUT2D eigenvalue weighted by Gasteiger charge is -2.11. The molecule has 1 aromatic heterocycles. The average molecular weight is 429 g/mol. The molecule has 3 aromatic rings. The largest absolute Gasteiger partial charge is 0.493 e. The van der Waals surface area contributed by atoms with E-state index in [0.717, 1.165) is 31.7 Å². The molecule has 0 bridgehead atoms. The molecule has 0 atom stereocenters. The minimum atomic E-state index is -0.0150. The van der Waals surface area contributed by atoms with Gasteiger partial charge in [0, 0.05) is 28.1 Å². The maximum Gasteiger partial charge on any atom is 0.224 e. The summed E-state index contributed by atoms with van der Waals surface area (Å²) < 4.78 is 11.6. The molecule has 29 heavy (non-hydrogen) atoms. The van der Waals surface area contributed by atoms with E-state index in [1.165, 1.54) is 0 Å². The molecule has 0 saturated carbocycles. The molecule has 1 N–H and O–H groups in total. The molecular formula is C22H24N2O3S2. The van der Waals surface area contributed by atoms with Crippen LogP contribution in [0, 0.1) is 13.8 Å². The molecule has 0 radical (unpaired) electrons. The number of nitrogens with one attached hydrogen (secondary N) is 1. The van der Waals surface area contributed by atoms with Crippen molar-refractivity contribution in [2.75, 3.05) is 19.5 Å². The fraction of sp³-hybridized carbons (Fsp3) is 0.273. The Kier molecular flexibility index (Phi) is 7.17. The number of anilines is 1. The minimum absolute atomic E-state index is 0.0150. The van der Waals surface area contributed by atoms with Gasteiger partial charge >= 0.3 is 0 Å². The van der Waals surface area contributed by atoms with E-state index < -0.39 is 0 Å². The molecule has 3 rings (SSSR count). The summed E-state index contributed by atoms with van der Waals surface area (Å²) in [5, 5.41) is 5.05. The van der Waals surface area contributed by atoms with Gasteiger partial charge in [0.2, 0.25) is 5.91 Å². The second-order valence-corrected chi connectivity index (χ2v) is 8.75. The van der Waals surface area contributed by atoms with Crippen LogP contribution in [0.2, 0.25) is 0 Å². The van der Waals surface area contributed by atoms with Crippen molar-refractivity contribution in [2.24, 2.45) is 0 Å². The number of amides is 1. The summed E-state index contributed by atoms with van der Waals surface area (Å²) in [5.74, 6) is 1.34. The van der Waals surface area contributed by atoms with E-state index in [9.17, 15) is 4.79 Å². The number of ether oxygens (including phenoxy) is 2. The first-order valence-corrected chi connectivity index (χ1v) is 10.9. The number of benzene rings is 2. The standard InChI is InChI=1S/C22H24N2O3S2/c1-14-11-17(29-22-23-15(2)13-28-22)7-8-18(14)24-21(25)10-6-16-5-9-19(26-3)20(12-16)27-4/h5,7-9,11-13H,6,10H2,1-4H3,(H,24,25). The molecular weight excluding hydrogens is 404 g/mol. The van der Waals surface area contributed by atoms with Gasteiger partial charge in [0.25, 0.3) is 0 Å². The van der Waals surface area contributed by atoms with Gasteiger partial charge in [0.15, 0.2) is 15.8 Å². The third kappa shape index (κ3) is 5.74. The number of aromatic nitrogens is 1. The first kappa shape index (κ1) is 21.2. The van der Waals surface area contributed by atoms with E-state index in [0.29, 0.717) is 24.3 Å². The van der Waals surface area contributed by atoms with E-state index >= 15 is 0 Å². The summed E-state index contributed by atoms with van der Waals surface area (Å²) in [4.78, 5) is 18.0. The van der Waals surface area contributed by atoms with Crippen molar-refractivity contribution < 1.29 is 14.3 Å². The zero-order chi connectivity index (χ0) is 20.8. The van der Waals surface area contributed by atoms with E-state index in [1.807, 2.05) is 49.6 Å². The molecule has 0 unspecified atom stereocenters. The van der Waals surface area contributed by atoms with Crippen molar-refractivity contribution in [1.82, 2.24) is 4.98 Å². The highest BCUT2D eigenvalue weighted by Crippen LogP contribution is 2.32. The van der Waals surface area contributed by atoms with Crippen LogP contribution in [-0.4, -0.2) is 25.1 Å². The molecule has 0 saturated heterocycles. The fourth-order valence-electron chi connectivity index (χ4n) is 2.83. The summed E-state index contributed by atoms with van der Waals surface area (Å²) in [6.45, 7) is 3.99. The number of hydrogen-bond donors (Lipinski definition) is 1. The van der Waals surface area contributed by atoms with E-state index in [2.05, 4.69) is 16.4 Å². The number of rotatable bonds is 8. The molecule has 7 heteroatoms. The van der Waals surface area contributed by atoms with E-state index in [-0.39, 0.29) is 5.91 Å². The first-order valence-electron chi connectivity index (χ1n) is 9.20. The maximum atomic E-state index is 12.4. The second kappa shape index (κ2) is 9.80. The minimum Gasteiger partial charge on any atom is -0.493 e. The van der Waals surface area contributed by atoms with Gasteiger partial charge in [-0.2, -0.15) is 0 Å². The number of carbonyl (C=O) groups excluding carboxylic acids is 1. The topological polar surface area (TPSA) is 60.5 Å². The highest BCUT2D eigenvalue weighted by atomic mass is 32.2. The Morgan fingerprint density at radius 1 is 1.10 bits per heavy atom. The number of aryl methyl sites for hydroxylation is 3. The first-order chi connectivity index (χ1) is 14.0. The zero-order valence-electron chi connectivity index (χ0n) is 16.9. The number of carbonyl (C=O) groups is 1. The van der Waals surface area contributed by atoms with Crippen LogP contribution in [0.15, 0.2) is 51.0 Å². The Morgan fingerprint density at radius 3 is 2.55 bits per heavy atom. The third-order valence-electron chi connectivity index (χ3n) is 4.36. The van der Waals surface area contributed by atoms with Gasteiger partial charge in [0.1, 0.15) is 0 Å². The molecule has 0 aliphatic heterocycles. The van der Waals surface area contributed by atoms with Gasteiger partial charge in [-0.15, -0.1) is 11.3 Å². The van der Waals surface area contributed by atoms with Crippen LogP contribution < -0.4 is 14.8 Å². The molecule has 0 aliphatic rings. The van der Waals surface area contributed by atoms with Crippen molar-refractivity contribution in [3.05, 3.63) is 58.6 Å². The number of hydrogen-bond acceptors (Lipinski definition) is 6. The third-order valence-corrected chi connectivity index (χ3v) is 6.41.